The first kappa shape index (κ1) is 106. The SMILES string of the molecule is Cc1cc(C)c2cc(C)ccc2c1.Cc1cc(C)cc(C)c1.Cc1ccc(C)c(C)c1.Cc1ccc(Oc2ccc(C)c(C)c2)cc1.Cc1ccc(Oc2ccc(C)cc2C)cc1.Cc1ccc2c(C)c3cc(C)ccc3cc2c1.Cc1ccc2cc(C)c(C)cc2c1.Cc1ccc2cc3c(C)c(C)ccc3cc2c1.Cc1ccc2cc3cc(C)c(C)cc3cc2c1.Cc1ccc2cc3cc(C)cc(C)c3cc2c1. The van der Waals surface area contributed by atoms with Crippen molar-refractivity contribution in [3.05, 3.63) is 519 Å². The van der Waals surface area contributed by atoms with E-state index in [0.29, 0.717) is 0 Å². The van der Waals surface area contributed by atoms with E-state index >= 15 is 0 Å². The molecule has 0 atom stereocenters. The Labute approximate surface area is 860 Å². The summed E-state index contributed by atoms with van der Waals surface area (Å²) in [6.07, 6.45) is 0. The van der Waals surface area contributed by atoms with E-state index in [-0.39, 0.29) is 0 Å². The monoisotopic (exact) mass is 1890 g/mol. The Balaban J connectivity index is 0.000000135. The van der Waals surface area contributed by atoms with Gasteiger partial charge in [0.15, 0.2) is 0 Å². The van der Waals surface area contributed by atoms with Crippen LogP contribution in [0.2, 0.25) is 0 Å². The van der Waals surface area contributed by atoms with Crippen molar-refractivity contribution in [2.45, 2.75) is 208 Å². The third kappa shape index (κ3) is 28.9. The maximum atomic E-state index is 5.82. The molecule has 0 amide bonds. The summed E-state index contributed by atoms with van der Waals surface area (Å²) in [5.41, 5.74) is 39.9. The van der Waals surface area contributed by atoms with Gasteiger partial charge in [-0.1, -0.05) is 356 Å². The molecule has 0 aromatic heterocycles. The lowest BCUT2D eigenvalue weighted by Gasteiger charge is -2.09. The quantitative estimate of drug-likeness (QED) is 0.164. The van der Waals surface area contributed by atoms with Gasteiger partial charge in [-0.05, 0) is 478 Å². The lowest BCUT2D eigenvalue weighted by atomic mass is 9.96. The first-order valence-electron chi connectivity index (χ1n) is 50.9. The van der Waals surface area contributed by atoms with Gasteiger partial charge in [0.1, 0.15) is 23.0 Å². The molecule has 22 rings (SSSR count). The first-order chi connectivity index (χ1) is 68.6. The lowest BCUT2D eigenvalue weighted by Crippen LogP contribution is -1.88. The maximum Gasteiger partial charge on any atom is 0.130 e. The highest BCUT2D eigenvalue weighted by Crippen LogP contribution is 2.36. The van der Waals surface area contributed by atoms with Gasteiger partial charge in [0.2, 0.25) is 0 Å². The fraction of sp³-hybridized carbons (Fsp3) is 0.211. The molecule has 0 saturated heterocycles. The summed E-state index contributed by atoms with van der Waals surface area (Å²) < 4.78 is 11.6. The minimum Gasteiger partial charge on any atom is -0.457 e. The topological polar surface area (TPSA) is 18.5 Å². The molecule has 0 bridgehead atoms. The maximum absolute atomic E-state index is 5.82. The van der Waals surface area contributed by atoms with Crippen LogP contribution in [0, 0.1) is 208 Å². The van der Waals surface area contributed by atoms with Crippen LogP contribution in [0.1, 0.15) is 167 Å². The van der Waals surface area contributed by atoms with E-state index in [2.05, 4.69) is 523 Å². The molecule has 0 radical (unpaired) electrons. The molecule has 2 heteroatoms. The normalized spacial score (nSPS) is 10.7. The van der Waals surface area contributed by atoms with Gasteiger partial charge in [0.25, 0.3) is 0 Å². The number of hydrogen-bond acceptors (Lipinski definition) is 2. The minimum atomic E-state index is 0.883. The van der Waals surface area contributed by atoms with E-state index in [1.807, 2.05) is 36.4 Å². The minimum absolute atomic E-state index is 0.883. The number of hydrogen-bond donors (Lipinski definition) is 0. The molecule has 0 aliphatic heterocycles. The second-order valence-electron chi connectivity index (χ2n) is 41.1. The zero-order chi connectivity index (χ0) is 104. The molecule has 144 heavy (non-hydrogen) atoms. The Hall–Kier alpha value is -15.0. The summed E-state index contributed by atoms with van der Waals surface area (Å²) >= 11 is 0. The smallest absolute Gasteiger partial charge is 0.130 e. The highest BCUT2D eigenvalue weighted by molar-refractivity contribution is 6.04. The molecular formula is C142H148O2. The van der Waals surface area contributed by atoms with Gasteiger partial charge in [-0.3, -0.25) is 0 Å². The predicted octanol–water partition coefficient (Wildman–Crippen LogP) is 41.2. The van der Waals surface area contributed by atoms with Crippen LogP contribution in [0.3, 0.4) is 0 Å². The summed E-state index contributed by atoms with van der Waals surface area (Å²) in [4.78, 5) is 0. The molecule has 0 heterocycles. The van der Waals surface area contributed by atoms with Crippen molar-refractivity contribution >= 4 is 108 Å². The average Bonchev–Trinajstić information content (AvgIpc) is 0.722. The van der Waals surface area contributed by atoms with Crippen LogP contribution >= 0.6 is 0 Å². The first-order valence-corrected chi connectivity index (χ1v) is 50.9. The van der Waals surface area contributed by atoms with Gasteiger partial charge >= 0.3 is 0 Å². The third-order valence-electron chi connectivity index (χ3n) is 27.6. The van der Waals surface area contributed by atoms with Crippen LogP contribution in [0.5, 0.6) is 23.0 Å². The molecule has 22 aromatic carbocycles. The van der Waals surface area contributed by atoms with Crippen LogP contribution < -0.4 is 9.47 Å². The molecule has 2 nitrogen and oxygen atoms in total. The van der Waals surface area contributed by atoms with Crippen molar-refractivity contribution < 1.29 is 9.47 Å². The number of benzene rings is 22. The Morgan fingerprint density at radius 2 is 0.354 bits per heavy atom. The van der Waals surface area contributed by atoms with Crippen molar-refractivity contribution in [3.8, 4) is 23.0 Å². The fourth-order valence-electron chi connectivity index (χ4n) is 18.8. The Kier molecular flexibility index (Phi) is 35.6. The van der Waals surface area contributed by atoms with Gasteiger partial charge in [0, 0.05) is 0 Å². The van der Waals surface area contributed by atoms with Crippen LogP contribution in [-0.4, -0.2) is 0 Å². The van der Waals surface area contributed by atoms with Gasteiger partial charge < -0.3 is 9.47 Å². The second kappa shape index (κ2) is 48.2. The lowest BCUT2D eigenvalue weighted by molar-refractivity contribution is 0.478. The van der Waals surface area contributed by atoms with Gasteiger partial charge in [0.05, 0.1) is 0 Å². The molecule has 0 saturated carbocycles. The summed E-state index contributed by atoms with van der Waals surface area (Å²) in [5.74, 6) is 3.59. The third-order valence-corrected chi connectivity index (χ3v) is 27.6. The van der Waals surface area contributed by atoms with Crippen LogP contribution in [0.25, 0.3) is 108 Å². The highest BCUT2D eigenvalue weighted by Gasteiger charge is 2.11. The summed E-state index contributed by atoms with van der Waals surface area (Å²) in [7, 11) is 0. The molecule has 0 unspecified atom stereocenters. The van der Waals surface area contributed by atoms with Gasteiger partial charge in [-0.2, -0.15) is 0 Å². The van der Waals surface area contributed by atoms with Crippen LogP contribution in [0.15, 0.2) is 352 Å². The zero-order valence-corrected chi connectivity index (χ0v) is 91.3. The van der Waals surface area contributed by atoms with Gasteiger partial charge in [-0.25, -0.2) is 0 Å². The molecule has 0 fully saturated rings. The number of rotatable bonds is 4. The molecule has 0 aliphatic carbocycles. The molecule has 728 valence electrons. The summed E-state index contributed by atoms with van der Waals surface area (Å²) in [6.45, 7) is 64.2. The zero-order valence-electron chi connectivity index (χ0n) is 91.3. The van der Waals surface area contributed by atoms with Crippen molar-refractivity contribution in [1.82, 2.24) is 0 Å². The Bertz CT molecular complexity index is 8280. The van der Waals surface area contributed by atoms with Crippen molar-refractivity contribution in [1.29, 1.82) is 0 Å². The average molecular weight is 1890 g/mol. The van der Waals surface area contributed by atoms with E-state index in [9.17, 15) is 0 Å². The Morgan fingerprint density at radius 3 is 0.826 bits per heavy atom. The van der Waals surface area contributed by atoms with E-state index in [4.69, 9.17) is 9.47 Å². The Morgan fingerprint density at radius 1 is 0.104 bits per heavy atom. The van der Waals surface area contributed by atoms with E-state index in [1.165, 1.54) is 275 Å². The molecule has 22 aromatic rings. The van der Waals surface area contributed by atoms with E-state index in [1.54, 1.807) is 0 Å². The van der Waals surface area contributed by atoms with Crippen LogP contribution in [-0.2, 0) is 0 Å². The number of ether oxygens (including phenoxy) is 2. The predicted molar refractivity (Wildman–Crippen MR) is 635 cm³/mol. The standard InChI is InChI=1S/4C17H16.2C15H16O.2C13H14.2C9H12/c1-11-5-7-16-13(3)17-9-12(2)4-6-14(17)10-15(16)8-11;1-11-4-6-14-10-17-13(3)12(2)5-7-15(17)9-16(14)8-11;1-11-4-5-14-9-16-8-12(2)6-13(3)17(16)10-15(14)7-11;1-11-4-5-14-9-16-7-12(2)13(3)8-17(16)10-15(14)6-11;1-11-4-7-14(8-5-11)16-15-9-6-12(2)13(3)10-15;1-11-4-7-14(8-5-11)16-15-9-6-12(2)10-13(15)3;1-9-4-5-12-7-10(2)6-11(3)13(12)8-9;1-9-4-5-12-7-10(2)11(3)8-13(12)6-9;1-7-4-8(2)6-9(3)5-7;1-7-4-5-8(2)9(3)6-7/h4*4-10H,1-3H3;2*4-10H,1-3H3;2*4-8H,1-3H3;2*4-6H,1-3H3. The summed E-state index contributed by atoms with van der Waals surface area (Å²) in [5, 5.41) is 26.9. The van der Waals surface area contributed by atoms with E-state index in [0.717, 1.165) is 23.0 Å². The van der Waals surface area contributed by atoms with Gasteiger partial charge in [-0.15, -0.1) is 0 Å². The van der Waals surface area contributed by atoms with Crippen molar-refractivity contribution in [3.63, 3.8) is 0 Å². The largest absolute Gasteiger partial charge is 0.457 e. The molecular weight excluding hydrogens is 1740 g/mol. The highest BCUT2D eigenvalue weighted by atomic mass is 16.5. The van der Waals surface area contributed by atoms with Crippen molar-refractivity contribution in [2.75, 3.05) is 0 Å². The fourth-order valence-corrected chi connectivity index (χ4v) is 18.8. The molecule has 0 N–H and O–H groups in total. The number of fused-ring (bicyclic) bond motifs is 10. The molecule has 0 spiro atoms. The van der Waals surface area contributed by atoms with Crippen LogP contribution in [0.4, 0.5) is 0 Å². The van der Waals surface area contributed by atoms with Crippen molar-refractivity contribution in [2.24, 2.45) is 0 Å². The summed E-state index contributed by atoms with van der Waals surface area (Å²) in [6, 6.07) is 127. The molecule has 0 aliphatic rings. The van der Waals surface area contributed by atoms with E-state index < -0.39 is 0 Å². The number of aryl methyl sites for hydroxylation is 30. The second-order valence-corrected chi connectivity index (χ2v) is 41.1.